The van der Waals surface area contributed by atoms with E-state index in [0.717, 1.165) is 0 Å². The summed E-state index contributed by atoms with van der Waals surface area (Å²) in [5.41, 5.74) is -0.0201. The zero-order chi connectivity index (χ0) is 14.0. The Kier molecular flexibility index (Phi) is 2.36. The highest BCUT2D eigenvalue weighted by Gasteiger charge is 2.22. The molecular formula is C13H19NO. The maximum absolute atomic E-state index is 11.9. The van der Waals surface area contributed by atoms with Crippen LogP contribution in [0.5, 0.6) is 0 Å². The Balaban J connectivity index is 2.99. The molecule has 1 aromatic rings. The van der Waals surface area contributed by atoms with Gasteiger partial charge in [0.15, 0.2) is 0 Å². The van der Waals surface area contributed by atoms with Gasteiger partial charge in [0.2, 0.25) is 5.91 Å². The maximum Gasteiger partial charge on any atom is 0.225 e. The molecule has 1 atom stereocenters. The molecule has 0 saturated carbocycles. The summed E-state index contributed by atoms with van der Waals surface area (Å²) in [4.78, 5) is 11.9. The van der Waals surface area contributed by atoms with Gasteiger partial charge in [0, 0.05) is 9.53 Å². The van der Waals surface area contributed by atoms with Gasteiger partial charge in [0.1, 0.15) is 0 Å². The number of carbonyl (C=O) groups is 1. The first-order chi connectivity index (χ1) is 8.12. The predicted molar refractivity (Wildman–Crippen MR) is 62.5 cm³/mol. The van der Waals surface area contributed by atoms with Gasteiger partial charge in [-0.15, -0.1) is 0 Å². The van der Waals surface area contributed by atoms with Crippen LogP contribution in [0.15, 0.2) is 30.3 Å². The molecule has 0 unspecified atom stereocenters. The van der Waals surface area contributed by atoms with E-state index in [-0.39, 0.29) is 5.91 Å². The molecule has 1 rings (SSSR count). The zero-order valence-electron chi connectivity index (χ0n) is 12.4. The quantitative estimate of drug-likeness (QED) is 0.795. The highest BCUT2D eigenvalue weighted by molar-refractivity contribution is 5.81. The normalized spacial score (nSPS) is 17.1. The first-order valence-electron chi connectivity index (χ1n) is 6.48. The van der Waals surface area contributed by atoms with Crippen LogP contribution in [0.3, 0.4) is 0 Å². The van der Waals surface area contributed by atoms with E-state index < -0.39 is 18.3 Å². The Hall–Kier alpha value is -1.31. The number of benzene rings is 1. The average molecular weight is 208 g/mol. The Morgan fingerprint density at radius 2 is 1.93 bits per heavy atom. The SMILES string of the molecule is [2H]C([2H])([2H])[C@H](NC(=O)C(C)(C)C)c1ccccc1. The number of hydrogen-bond donors (Lipinski definition) is 1. The first-order valence-corrected chi connectivity index (χ1v) is 4.98. The van der Waals surface area contributed by atoms with Gasteiger partial charge < -0.3 is 5.32 Å². The van der Waals surface area contributed by atoms with Crippen molar-refractivity contribution in [2.75, 3.05) is 0 Å². The average Bonchev–Trinajstić information content (AvgIpc) is 2.23. The maximum atomic E-state index is 11.9. The van der Waals surface area contributed by atoms with E-state index in [0.29, 0.717) is 5.56 Å². The van der Waals surface area contributed by atoms with Gasteiger partial charge in [-0.2, -0.15) is 0 Å². The van der Waals surface area contributed by atoms with Crippen LogP contribution in [0.25, 0.3) is 0 Å². The molecule has 0 bridgehead atoms. The summed E-state index contributed by atoms with van der Waals surface area (Å²) in [6, 6.07) is 7.78. The molecule has 0 aliphatic carbocycles. The molecule has 0 aliphatic rings. The van der Waals surface area contributed by atoms with Crippen molar-refractivity contribution in [2.24, 2.45) is 5.41 Å². The van der Waals surface area contributed by atoms with Crippen molar-refractivity contribution >= 4 is 5.91 Å². The van der Waals surface area contributed by atoms with Crippen LogP contribution in [0.1, 0.15) is 43.3 Å². The highest BCUT2D eigenvalue weighted by atomic mass is 16.2. The fourth-order valence-corrected chi connectivity index (χ4v) is 1.08. The van der Waals surface area contributed by atoms with Crippen molar-refractivity contribution in [1.29, 1.82) is 0 Å². The molecule has 0 saturated heterocycles. The van der Waals surface area contributed by atoms with Crippen LogP contribution in [-0.4, -0.2) is 5.91 Å². The molecule has 2 nitrogen and oxygen atoms in total. The van der Waals surface area contributed by atoms with E-state index in [2.05, 4.69) is 5.32 Å². The molecule has 0 aromatic heterocycles. The molecule has 1 N–H and O–H groups in total. The second-order valence-electron chi connectivity index (χ2n) is 4.57. The van der Waals surface area contributed by atoms with E-state index in [1.54, 1.807) is 45.0 Å². The minimum Gasteiger partial charge on any atom is -0.349 e. The summed E-state index contributed by atoms with van der Waals surface area (Å²) in [7, 11) is 0. The third-order valence-corrected chi connectivity index (χ3v) is 2.09. The zero-order valence-corrected chi connectivity index (χ0v) is 9.37. The number of amides is 1. The third-order valence-electron chi connectivity index (χ3n) is 2.09. The van der Waals surface area contributed by atoms with Crippen molar-refractivity contribution < 1.29 is 8.91 Å². The molecule has 0 heterocycles. The molecule has 1 aromatic carbocycles. The van der Waals surface area contributed by atoms with Crippen molar-refractivity contribution in [3.63, 3.8) is 0 Å². The fraction of sp³-hybridized carbons (Fsp3) is 0.462. The molecule has 2 heteroatoms. The highest BCUT2D eigenvalue weighted by Crippen LogP contribution is 2.17. The Morgan fingerprint density at radius 1 is 1.33 bits per heavy atom. The van der Waals surface area contributed by atoms with E-state index >= 15 is 0 Å². The van der Waals surface area contributed by atoms with Crippen molar-refractivity contribution in [3.8, 4) is 0 Å². The van der Waals surface area contributed by atoms with E-state index in [4.69, 9.17) is 4.11 Å². The van der Waals surface area contributed by atoms with Gasteiger partial charge in [0.05, 0.1) is 6.04 Å². The third kappa shape index (κ3) is 3.39. The molecule has 0 spiro atoms. The lowest BCUT2D eigenvalue weighted by Crippen LogP contribution is -2.36. The van der Waals surface area contributed by atoms with Gasteiger partial charge in [0.25, 0.3) is 0 Å². The lowest BCUT2D eigenvalue weighted by Gasteiger charge is -2.22. The molecule has 15 heavy (non-hydrogen) atoms. The Bertz CT molecular complexity index is 406. The molecule has 0 aliphatic heterocycles. The fourth-order valence-electron chi connectivity index (χ4n) is 1.08. The van der Waals surface area contributed by atoms with Gasteiger partial charge in [-0.1, -0.05) is 51.1 Å². The second kappa shape index (κ2) is 4.47. The molecule has 1 amide bonds. The van der Waals surface area contributed by atoms with Crippen LogP contribution in [0, 0.1) is 5.41 Å². The van der Waals surface area contributed by atoms with E-state index in [1.165, 1.54) is 0 Å². The van der Waals surface area contributed by atoms with Crippen molar-refractivity contribution in [2.45, 2.75) is 33.7 Å². The van der Waals surface area contributed by atoms with Gasteiger partial charge in [-0.3, -0.25) is 4.79 Å². The smallest absolute Gasteiger partial charge is 0.225 e. The topological polar surface area (TPSA) is 29.1 Å². The van der Waals surface area contributed by atoms with Crippen LogP contribution < -0.4 is 5.32 Å². The number of rotatable bonds is 2. The molecule has 0 radical (unpaired) electrons. The Morgan fingerprint density at radius 3 is 2.40 bits per heavy atom. The summed E-state index contributed by atoms with van der Waals surface area (Å²) in [6.07, 6.45) is 0. The van der Waals surface area contributed by atoms with Gasteiger partial charge in [-0.25, -0.2) is 0 Å². The summed E-state index contributed by atoms with van der Waals surface area (Å²) >= 11 is 0. The van der Waals surface area contributed by atoms with Crippen LogP contribution in [0.4, 0.5) is 0 Å². The summed E-state index contributed by atoms with van der Waals surface area (Å²) in [5.74, 6) is -0.271. The minimum absolute atomic E-state index is 0.271. The lowest BCUT2D eigenvalue weighted by molar-refractivity contribution is -0.129. The summed E-state index contributed by atoms with van der Waals surface area (Å²) < 4.78 is 22.6. The van der Waals surface area contributed by atoms with Crippen LogP contribution in [0.2, 0.25) is 0 Å². The number of hydrogen-bond acceptors (Lipinski definition) is 1. The summed E-state index contributed by atoms with van der Waals surface area (Å²) in [6.45, 7) is 3.00. The Labute approximate surface area is 95.9 Å². The second-order valence-corrected chi connectivity index (χ2v) is 4.57. The van der Waals surface area contributed by atoms with Crippen molar-refractivity contribution in [3.05, 3.63) is 35.9 Å². The van der Waals surface area contributed by atoms with Crippen LogP contribution >= 0.6 is 0 Å². The minimum atomic E-state index is -2.26. The van der Waals surface area contributed by atoms with E-state index in [1.807, 2.05) is 6.07 Å². The molecule has 82 valence electrons. The molecular weight excluding hydrogens is 186 g/mol. The molecule has 0 fully saturated rings. The van der Waals surface area contributed by atoms with Gasteiger partial charge in [-0.05, 0) is 12.4 Å². The largest absolute Gasteiger partial charge is 0.349 e. The number of carbonyl (C=O) groups excluding carboxylic acids is 1. The monoisotopic (exact) mass is 208 g/mol. The van der Waals surface area contributed by atoms with Crippen LogP contribution in [-0.2, 0) is 4.79 Å². The van der Waals surface area contributed by atoms with Crippen molar-refractivity contribution in [1.82, 2.24) is 5.32 Å². The standard InChI is InChI=1S/C13H19NO/c1-10(11-8-6-5-7-9-11)14-12(15)13(2,3)4/h5-10H,1-4H3,(H,14,15)/t10-/m0/s1/i1D3. The predicted octanol–water partition coefficient (Wildman–Crippen LogP) is 2.91. The van der Waals surface area contributed by atoms with E-state index in [9.17, 15) is 4.79 Å². The lowest BCUT2D eigenvalue weighted by atomic mass is 9.95. The first kappa shape index (κ1) is 7.91. The number of nitrogens with one attached hydrogen (secondary N) is 1. The summed E-state index contributed by atoms with van der Waals surface area (Å²) in [5, 5.41) is 2.61. The van der Waals surface area contributed by atoms with Gasteiger partial charge >= 0.3 is 0 Å².